The van der Waals surface area contributed by atoms with E-state index < -0.39 is 17.9 Å². The van der Waals surface area contributed by atoms with Crippen LogP contribution < -0.4 is 10.6 Å². The summed E-state index contributed by atoms with van der Waals surface area (Å²) in [7, 11) is 0. The molecule has 1 fully saturated rings. The van der Waals surface area contributed by atoms with Crippen LogP contribution in [0.15, 0.2) is 54.6 Å². The summed E-state index contributed by atoms with van der Waals surface area (Å²) in [6, 6.07) is 16.7. The fourth-order valence-electron chi connectivity index (χ4n) is 4.04. The van der Waals surface area contributed by atoms with Crippen molar-refractivity contribution in [2.45, 2.75) is 51.2 Å². The Morgan fingerprint density at radius 1 is 0.970 bits per heavy atom. The molecule has 0 spiro atoms. The maximum atomic E-state index is 12.8. The largest absolute Gasteiger partial charge is 0.457 e. The Morgan fingerprint density at radius 3 is 2.30 bits per heavy atom. The molecule has 2 amide bonds. The highest BCUT2D eigenvalue weighted by atomic mass is 16.5. The summed E-state index contributed by atoms with van der Waals surface area (Å²) in [4.78, 5) is 37.6. The fraction of sp³-hybridized carbons (Fsp3) is 0.385. The monoisotopic (exact) mass is 447 g/mol. The lowest BCUT2D eigenvalue weighted by Gasteiger charge is -2.26. The number of hydrogen-bond acceptors (Lipinski definition) is 5. The highest BCUT2D eigenvalue weighted by Crippen LogP contribution is 2.27. The number of amides is 2. The van der Waals surface area contributed by atoms with E-state index in [2.05, 4.69) is 10.6 Å². The van der Waals surface area contributed by atoms with E-state index >= 15 is 0 Å². The first-order valence-corrected chi connectivity index (χ1v) is 11.3. The van der Waals surface area contributed by atoms with Crippen LogP contribution in [-0.2, 0) is 16.1 Å². The molecule has 33 heavy (non-hydrogen) atoms. The molecule has 172 valence electrons. The Labute approximate surface area is 194 Å². The lowest BCUT2D eigenvalue weighted by molar-refractivity contribution is -0.123. The summed E-state index contributed by atoms with van der Waals surface area (Å²) in [5.74, 6) is -0.848. The first kappa shape index (κ1) is 24.0. The summed E-state index contributed by atoms with van der Waals surface area (Å²) < 4.78 is 5.31. The molecule has 0 radical (unpaired) electrons. The van der Waals surface area contributed by atoms with Gasteiger partial charge in [-0.2, -0.15) is 5.26 Å². The second-order valence-electron chi connectivity index (χ2n) is 8.28. The van der Waals surface area contributed by atoms with Crippen LogP contribution >= 0.6 is 0 Å². The van der Waals surface area contributed by atoms with Crippen LogP contribution in [0.2, 0.25) is 0 Å². The van der Waals surface area contributed by atoms with Crippen molar-refractivity contribution in [3.63, 3.8) is 0 Å². The van der Waals surface area contributed by atoms with Gasteiger partial charge in [0.15, 0.2) is 0 Å². The zero-order chi connectivity index (χ0) is 23.5. The predicted molar refractivity (Wildman–Crippen MR) is 123 cm³/mol. The van der Waals surface area contributed by atoms with Gasteiger partial charge in [0.25, 0.3) is 5.91 Å². The number of nitrogens with one attached hydrogen (secondary N) is 2. The van der Waals surface area contributed by atoms with Gasteiger partial charge >= 0.3 is 5.97 Å². The van der Waals surface area contributed by atoms with Gasteiger partial charge in [-0.3, -0.25) is 9.59 Å². The van der Waals surface area contributed by atoms with E-state index in [1.54, 1.807) is 12.1 Å². The summed E-state index contributed by atoms with van der Waals surface area (Å²) in [5.41, 5.74) is 1.57. The summed E-state index contributed by atoms with van der Waals surface area (Å²) in [6.45, 7) is 0.0677. The average Bonchev–Trinajstić information content (AvgIpc) is 2.86. The summed E-state index contributed by atoms with van der Waals surface area (Å²) in [5, 5.41) is 14.1. The average molecular weight is 448 g/mol. The number of nitriles is 1. The van der Waals surface area contributed by atoms with Crippen LogP contribution in [0.3, 0.4) is 0 Å². The number of esters is 1. The molecule has 7 nitrogen and oxygen atoms in total. The maximum Gasteiger partial charge on any atom is 0.338 e. The summed E-state index contributed by atoms with van der Waals surface area (Å²) >= 11 is 0. The molecular weight excluding hydrogens is 418 g/mol. The summed E-state index contributed by atoms with van der Waals surface area (Å²) in [6.07, 6.45) is 6.09. The van der Waals surface area contributed by atoms with E-state index in [0.717, 1.165) is 31.2 Å². The third-order valence-corrected chi connectivity index (χ3v) is 5.85. The van der Waals surface area contributed by atoms with Crippen LogP contribution in [0.25, 0.3) is 0 Å². The Balaban J connectivity index is 1.59. The van der Waals surface area contributed by atoms with Crippen molar-refractivity contribution < 1.29 is 19.1 Å². The molecule has 0 heterocycles. The normalized spacial score (nSPS) is 14.5. The van der Waals surface area contributed by atoms with E-state index in [4.69, 9.17) is 10.00 Å². The van der Waals surface area contributed by atoms with Gasteiger partial charge < -0.3 is 15.4 Å². The van der Waals surface area contributed by atoms with Crippen LogP contribution in [0.1, 0.15) is 64.8 Å². The van der Waals surface area contributed by atoms with Gasteiger partial charge in [-0.15, -0.1) is 0 Å². The van der Waals surface area contributed by atoms with E-state index in [0.29, 0.717) is 23.5 Å². The van der Waals surface area contributed by atoms with Gasteiger partial charge in [0, 0.05) is 5.56 Å². The molecule has 1 atom stereocenters. The molecule has 0 aromatic heterocycles. The number of carbonyl (C=O) groups excluding carboxylic acids is 3. The van der Waals surface area contributed by atoms with Gasteiger partial charge in [0.05, 0.1) is 11.6 Å². The van der Waals surface area contributed by atoms with Gasteiger partial charge in [0.1, 0.15) is 19.2 Å². The van der Waals surface area contributed by atoms with Crippen molar-refractivity contribution in [3.8, 4) is 6.07 Å². The van der Waals surface area contributed by atoms with E-state index in [9.17, 15) is 14.4 Å². The van der Waals surface area contributed by atoms with Crippen molar-refractivity contribution in [1.82, 2.24) is 10.6 Å². The van der Waals surface area contributed by atoms with Gasteiger partial charge in [-0.05, 0) is 42.2 Å². The topological polar surface area (TPSA) is 108 Å². The van der Waals surface area contributed by atoms with Crippen LogP contribution in [-0.4, -0.2) is 30.4 Å². The minimum Gasteiger partial charge on any atom is -0.457 e. The number of ether oxygens (including phenoxy) is 1. The van der Waals surface area contributed by atoms with Crippen LogP contribution in [0, 0.1) is 17.2 Å². The fourth-order valence-corrected chi connectivity index (χ4v) is 4.04. The van der Waals surface area contributed by atoms with Gasteiger partial charge in [0.2, 0.25) is 5.91 Å². The molecule has 1 aliphatic carbocycles. The molecule has 3 rings (SSSR count). The number of nitrogens with zero attached hydrogens (tertiary/aromatic N) is 1. The third kappa shape index (κ3) is 7.46. The second-order valence-corrected chi connectivity index (χ2v) is 8.28. The predicted octanol–water partition coefficient (Wildman–Crippen LogP) is 3.75. The van der Waals surface area contributed by atoms with Crippen molar-refractivity contribution in [1.29, 1.82) is 5.26 Å². The molecular formula is C26H29N3O4. The van der Waals surface area contributed by atoms with Crippen LogP contribution in [0.5, 0.6) is 0 Å². The Kier molecular flexibility index (Phi) is 9.01. The van der Waals surface area contributed by atoms with E-state index in [1.807, 2.05) is 36.4 Å². The Morgan fingerprint density at radius 2 is 1.64 bits per heavy atom. The Hall–Kier alpha value is -3.66. The molecule has 7 heteroatoms. The molecule has 2 aromatic carbocycles. The lowest BCUT2D eigenvalue weighted by Crippen LogP contribution is -2.48. The zero-order valence-corrected chi connectivity index (χ0v) is 18.6. The first-order chi connectivity index (χ1) is 16.1. The molecule has 0 bridgehead atoms. The standard InChI is InChI=1S/C26H29N3O4/c27-15-16-28-25(31)23(17-19-7-3-1-4-8-19)29-24(30)21-11-13-22(14-12-21)26(32)33-18-20-9-5-2-6-10-20/h2,5-6,9-14,19,23H,1,3-4,7-8,16-18H2,(H,28,31)(H,29,30). The number of hydrogen-bond donors (Lipinski definition) is 2. The maximum absolute atomic E-state index is 12.8. The van der Waals surface area contributed by atoms with Gasteiger partial charge in [-0.25, -0.2) is 4.79 Å². The SMILES string of the molecule is N#CCNC(=O)C(CC1CCCCC1)NC(=O)c1ccc(C(=O)OCc2ccccc2)cc1. The second kappa shape index (κ2) is 12.4. The molecule has 1 unspecified atom stereocenters. The van der Waals surface area contributed by atoms with Crippen molar-refractivity contribution in [2.75, 3.05) is 6.54 Å². The number of benzene rings is 2. The van der Waals surface area contributed by atoms with E-state index in [1.165, 1.54) is 18.6 Å². The minimum absolute atomic E-state index is 0.102. The molecule has 0 aliphatic heterocycles. The smallest absolute Gasteiger partial charge is 0.338 e. The molecule has 1 saturated carbocycles. The lowest BCUT2D eigenvalue weighted by atomic mass is 9.84. The molecule has 2 N–H and O–H groups in total. The molecule has 2 aromatic rings. The zero-order valence-electron chi connectivity index (χ0n) is 18.6. The van der Waals surface area contributed by atoms with Gasteiger partial charge in [-0.1, -0.05) is 62.4 Å². The number of carbonyl (C=O) groups is 3. The van der Waals surface area contributed by atoms with Crippen molar-refractivity contribution >= 4 is 17.8 Å². The quantitative estimate of drug-likeness (QED) is 0.450. The highest BCUT2D eigenvalue weighted by molar-refractivity contribution is 5.98. The van der Waals surface area contributed by atoms with Crippen molar-refractivity contribution in [3.05, 3.63) is 71.3 Å². The molecule has 0 saturated heterocycles. The van der Waals surface area contributed by atoms with Crippen LogP contribution in [0.4, 0.5) is 0 Å². The minimum atomic E-state index is -0.704. The van der Waals surface area contributed by atoms with E-state index in [-0.39, 0.29) is 19.1 Å². The third-order valence-electron chi connectivity index (χ3n) is 5.85. The highest BCUT2D eigenvalue weighted by Gasteiger charge is 2.26. The number of rotatable bonds is 9. The first-order valence-electron chi connectivity index (χ1n) is 11.3. The Bertz CT molecular complexity index is 977. The van der Waals surface area contributed by atoms with Crippen molar-refractivity contribution in [2.24, 2.45) is 5.92 Å². The molecule has 1 aliphatic rings.